The molecule has 1 aromatic rings. The molecule has 0 bridgehead atoms. The third-order valence-electron chi connectivity index (χ3n) is 2.59. The summed E-state index contributed by atoms with van der Waals surface area (Å²) in [7, 11) is -8.68. The van der Waals surface area contributed by atoms with Gasteiger partial charge in [-0.25, -0.2) is 12.6 Å². The number of nitrogen functional groups attached to an aromatic ring is 1. The highest BCUT2D eigenvalue weighted by atomic mass is 35.5. The van der Waals surface area contributed by atoms with Gasteiger partial charge >= 0.3 is 10.4 Å². The SMILES string of the molecule is CCN(CCOS(=O)(=O)O)S(=O)(=O)c1cc(Cl)c(N)cc1Cl. The number of benzene rings is 1. The smallest absolute Gasteiger partial charge is 0.397 e. The largest absolute Gasteiger partial charge is 0.397 e. The number of sulfonamides is 1. The molecule has 0 amide bonds. The van der Waals surface area contributed by atoms with Crippen LogP contribution in [0.1, 0.15) is 6.92 Å². The lowest BCUT2D eigenvalue weighted by molar-refractivity contribution is 0.245. The maximum absolute atomic E-state index is 12.5. The van der Waals surface area contributed by atoms with Crippen LogP contribution in [-0.4, -0.2) is 45.4 Å². The molecular formula is C10H14Cl2N2O6S2. The molecule has 3 N–H and O–H groups in total. The molecule has 0 aromatic heterocycles. The minimum atomic E-state index is -4.64. The van der Waals surface area contributed by atoms with E-state index in [0.717, 1.165) is 10.4 Å². The number of hydrogen-bond donors (Lipinski definition) is 2. The van der Waals surface area contributed by atoms with E-state index >= 15 is 0 Å². The van der Waals surface area contributed by atoms with Crippen LogP contribution in [0.5, 0.6) is 0 Å². The van der Waals surface area contributed by atoms with Crippen LogP contribution >= 0.6 is 23.2 Å². The second-order valence-corrected chi connectivity index (χ2v) is 7.86. The molecule has 0 aliphatic carbocycles. The minimum Gasteiger partial charge on any atom is -0.397 e. The van der Waals surface area contributed by atoms with Gasteiger partial charge in [0.2, 0.25) is 10.0 Å². The molecule has 0 spiro atoms. The van der Waals surface area contributed by atoms with Crippen molar-refractivity contribution in [3.63, 3.8) is 0 Å². The summed E-state index contributed by atoms with van der Waals surface area (Å²) in [5.41, 5.74) is 5.66. The highest BCUT2D eigenvalue weighted by molar-refractivity contribution is 7.89. The van der Waals surface area contributed by atoms with Crippen LogP contribution in [-0.2, 0) is 24.6 Å². The van der Waals surface area contributed by atoms with Gasteiger partial charge in [-0.1, -0.05) is 30.1 Å². The van der Waals surface area contributed by atoms with E-state index in [9.17, 15) is 16.8 Å². The summed E-state index contributed by atoms with van der Waals surface area (Å²) in [6.07, 6.45) is 0. The molecule has 0 fully saturated rings. The monoisotopic (exact) mass is 392 g/mol. The van der Waals surface area contributed by atoms with Gasteiger partial charge < -0.3 is 5.73 Å². The van der Waals surface area contributed by atoms with Crippen LogP contribution in [0.4, 0.5) is 5.69 Å². The summed E-state index contributed by atoms with van der Waals surface area (Å²) in [5, 5.41) is -0.0933. The Hall–Kier alpha value is -0.620. The first-order valence-corrected chi connectivity index (χ1v) is 9.41. The van der Waals surface area contributed by atoms with E-state index in [4.69, 9.17) is 33.5 Å². The Bertz CT molecular complexity index is 751. The summed E-state index contributed by atoms with van der Waals surface area (Å²) in [5.74, 6) is 0. The first-order valence-electron chi connectivity index (χ1n) is 5.85. The van der Waals surface area contributed by atoms with Gasteiger partial charge in [-0.05, 0) is 12.1 Å². The Morgan fingerprint density at radius 1 is 1.23 bits per heavy atom. The number of halogens is 2. The maximum Gasteiger partial charge on any atom is 0.397 e. The van der Waals surface area contributed by atoms with E-state index in [1.807, 2.05) is 0 Å². The van der Waals surface area contributed by atoms with Crippen LogP contribution < -0.4 is 5.73 Å². The van der Waals surface area contributed by atoms with Gasteiger partial charge in [0.05, 0.1) is 22.3 Å². The van der Waals surface area contributed by atoms with E-state index in [1.165, 1.54) is 13.0 Å². The second-order valence-electron chi connectivity index (χ2n) is 4.05. The lowest BCUT2D eigenvalue weighted by Crippen LogP contribution is -2.34. The number of likely N-dealkylation sites (N-methyl/N-ethyl adjacent to an activating group) is 1. The van der Waals surface area contributed by atoms with E-state index in [0.29, 0.717) is 0 Å². The van der Waals surface area contributed by atoms with Crippen LogP contribution in [0.25, 0.3) is 0 Å². The normalized spacial score (nSPS) is 12.8. The standard InChI is InChI=1S/C10H14Cl2N2O6S2/c1-2-14(3-4-20-22(17,18)19)21(15,16)10-6-7(11)9(13)5-8(10)12/h5-6H,2-4,13H2,1H3,(H,17,18,19). The summed E-state index contributed by atoms with van der Waals surface area (Å²) >= 11 is 11.7. The number of rotatable bonds is 7. The predicted octanol–water partition coefficient (Wildman–Crippen LogP) is 1.41. The molecule has 8 nitrogen and oxygen atoms in total. The molecule has 126 valence electrons. The first-order chi connectivity index (χ1) is 9.99. The van der Waals surface area contributed by atoms with E-state index < -0.39 is 27.0 Å². The van der Waals surface area contributed by atoms with E-state index in [2.05, 4.69) is 4.18 Å². The van der Waals surface area contributed by atoms with Crippen LogP contribution in [0.2, 0.25) is 10.0 Å². The molecular weight excluding hydrogens is 379 g/mol. The molecule has 0 radical (unpaired) electrons. The zero-order valence-corrected chi connectivity index (χ0v) is 14.5. The average Bonchev–Trinajstić information content (AvgIpc) is 2.37. The van der Waals surface area contributed by atoms with Crippen molar-refractivity contribution in [1.82, 2.24) is 4.31 Å². The van der Waals surface area contributed by atoms with Gasteiger partial charge in [0, 0.05) is 13.1 Å². The fourth-order valence-electron chi connectivity index (χ4n) is 1.57. The lowest BCUT2D eigenvalue weighted by Gasteiger charge is -2.21. The van der Waals surface area contributed by atoms with Gasteiger partial charge in [0.15, 0.2) is 0 Å². The Labute approximate surface area is 138 Å². The van der Waals surface area contributed by atoms with Crippen molar-refractivity contribution in [3.05, 3.63) is 22.2 Å². The Balaban J connectivity index is 3.07. The van der Waals surface area contributed by atoms with Crippen molar-refractivity contribution in [2.24, 2.45) is 0 Å². The summed E-state index contributed by atoms with van der Waals surface area (Å²) in [6.45, 7) is 0.705. The molecule has 12 heteroatoms. The summed E-state index contributed by atoms with van der Waals surface area (Å²) < 4.78 is 59.4. The quantitative estimate of drug-likeness (QED) is 0.530. The molecule has 0 atom stereocenters. The Kier molecular flexibility index (Phi) is 6.45. The molecule has 0 saturated carbocycles. The van der Waals surface area contributed by atoms with Gasteiger partial charge in [-0.2, -0.15) is 12.7 Å². The first kappa shape index (κ1) is 19.4. The third kappa shape index (κ3) is 4.95. The molecule has 0 saturated heterocycles. The van der Waals surface area contributed by atoms with Crippen molar-refractivity contribution in [2.45, 2.75) is 11.8 Å². The van der Waals surface area contributed by atoms with Crippen LogP contribution in [0.3, 0.4) is 0 Å². The molecule has 22 heavy (non-hydrogen) atoms. The fourth-order valence-corrected chi connectivity index (χ4v) is 4.06. The van der Waals surface area contributed by atoms with Crippen molar-refractivity contribution in [3.8, 4) is 0 Å². The van der Waals surface area contributed by atoms with Gasteiger partial charge in [0.1, 0.15) is 4.90 Å². The van der Waals surface area contributed by atoms with Gasteiger partial charge in [-0.15, -0.1) is 0 Å². The average molecular weight is 393 g/mol. The van der Waals surface area contributed by atoms with Crippen molar-refractivity contribution in [1.29, 1.82) is 0 Å². The number of hydrogen-bond acceptors (Lipinski definition) is 6. The fraction of sp³-hybridized carbons (Fsp3) is 0.400. The highest BCUT2D eigenvalue weighted by Gasteiger charge is 2.26. The van der Waals surface area contributed by atoms with E-state index in [1.54, 1.807) is 0 Å². The number of anilines is 1. The van der Waals surface area contributed by atoms with Crippen LogP contribution in [0, 0.1) is 0 Å². The summed E-state index contributed by atoms with van der Waals surface area (Å²) in [6, 6.07) is 2.32. The summed E-state index contributed by atoms with van der Waals surface area (Å²) in [4.78, 5) is -0.262. The molecule has 0 aliphatic heterocycles. The molecule has 0 unspecified atom stereocenters. The van der Waals surface area contributed by atoms with Crippen molar-refractivity contribution < 1.29 is 25.6 Å². The predicted molar refractivity (Wildman–Crippen MR) is 82.8 cm³/mol. The minimum absolute atomic E-state index is 0.0215. The number of nitrogens with two attached hydrogens (primary N) is 1. The topological polar surface area (TPSA) is 127 Å². The number of nitrogens with zero attached hydrogens (tertiary/aromatic N) is 1. The molecule has 0 heterocycles. The Morgan fingerprint density at radius 2 is 1.82 bits per heavy atom. The van der Waals surface area contributed by atoms with Gasteiger partial charge in [0.25, 0.3) is 0 Å². The van der Waals surface area contributed by atoms with Crippen molar-refractivity contribution in [2.75, 3.05) is 25.4 Å². The van der Waals surface area contributed by atoms with E-state index in [-0.39, 0.29) is 33.7 Å². The third-order valence-corrected chi connectivity index (χ3v) is 5.83. The highest BCUT2D eigenvalue weighted by Crippen LogP contribution is 2.31. The van der Waals surface area contributed by atoms with Gasteiger partial charge in [-0.3, -0.25) is 4.55 Å². The second kappa shape index (κ2) is 7.30. The maximum atomic E-state index is 12.5. The molecule has 1 rings (SSSR count). The molecule has 1 aromatic carbocycles. The zero-order chi connectivity index (χ0) is 17.1. The van der Waals surface area contributed by atoms with Crippen molar-refractivity contribution >= 4 is 49.3 Å². The van der Waals surface area contributed by atoms with Crippen LogP contribution in [0.15, 0.2) is 17.0 Å². The Morgan fingerprint density at radius 3 is 2.32 bits per heavy atom. The lowest BCUT2D eigenvalue weighted by atomic mass is 10.3. The zero-order valence-electron chi connectivity index (χ0n) is 11.4. The molecule has 0 aliphatic rings.